The number of hydrogen-bond donors (Lipinski definition) is 2. The molecule has 0 heterocycles. The Kier molecular flexibility index (Phi) is 7.44. The Morgan fingerprint density at radius 3 is 2.26 bits per heavy atom. The van der Waals surface area contributed by atoms with Crippen molar-refractivity contribution in [2.24, 2.45) is 0 Å². The van der Waals surface area contributed by atoms with E-state index in [-0.39, 0.29) is 0 Å². The zero-order valence-corrected chi connectivity index (χ0v) is 12.5. The Morgan fingerprint density at radius 1 is 1.26 bits per heavy atom. The van der Waals surface area contributed by atoms with Crippen LogP contribution in [0.25, 0.3) is 0 Å². The lowest BCUT2D eigenvalue weighted by atomic mass is 10.1. The monoisotopic (exact) mass is 276 g/mol. The molecule has 1 atom stereocenters. The molecule has 0 aromatic heterocycles. The van der Waals surface area contributed by atoms with Gasteiger partial charge in [-0.2, -0.15) is 0 Å². The predicted octanol–water partition coefficient (Wildman–Crippen LogP) is 1.70. The first-order valence-corrected chi connectivity index (χ1v) is 6.49. The van der Waals surface area contributed by atoms with E-state index in [9.17, 15) is 9.59 Å². The van der Waals surface area contributed by atoms with Crippen LogP contribution in [0.1, 0.15) is 40.0 Å². The van der Waals surface area contributed by atoms with E-state index < -0.39 is 23.7 Å². The van der Waals surface area contributed by atoms with Gasteiger partial charge in [0.15, 0.2) is 0 Å². The maximum Gasteiger partial charge on any atom is 0.407 e. The van der Waals surface area contributed by atoms with Crippen molar-refractivity contribution in [1.29, 1.82) is 0 Å². The molecule has 0 bridgehead atoms. The fourth-order valence-corrected chi connectivity index (χ4v) is 1.57. The molecule has 2 N–H and O–H groups in total. The molecule has 0 unspecified atom stereocenters. The van der Waals surface area contributed by atoms with E-state index in [4.69, 9.17) is 9.84 Å². The van der Waals surface area contributed by atoms with Crippen molar-refractivity contribution in [3.05, 3.63) is 0 Å². The van der Waals surface area contributed by atoms with E-state index in [2.05, 4.69) is 5.32 Å². The first-order valence-electron chi connectivity index (χ1n) is 6.49. The summed E-state index contributed by atoms with van der Waals surface area (Å²) in [6, 6.07) is -0.471. The van der Waals surface area contributed by atoms with Gasteiger partial charge in [0, 0.05) is 6.54 Å². The number of nitrogens with zero attached hydrogens (tertiary/aromatic N) is 1. The number of carbonyl (C=O) groups is 2. The standard InChI is InChI=1S/C13H26N2O4/c1-13(2,3)19-12(18)14-9-7-6-8-10(11(16)17)15(4)5/h10H,6-9H2,1-5H3,(H,14,18)(H,16,17)/t10-/m0/s1/i4+1,5+1. The molecule has 6 heteroatoms. The number of amides is 1. The third-order valence-electron chi connectivity index (χ3n) is 2.48. The summed E-state index contributed by atoms with van der Waals surface area (Å²) < 4.78 is 5.09. The first kappa shape index (κ1) is 17.7. The van der Waals surface area contributed by atoms with Gasteiger partial charge in [0.2, 0.25) is 0 Å². The molecular weight excluding hydrogens is 250 g/mol. The van der Waals surface area contributed by atoms with E-state index in [0.29, 0.717) is 13.0 Å². The Bertz CT molecular complexity index is 298. The second kappa shape index (κ2) is 7.99. The number of alkyl carbamates (subject to hydrolysis) is 1. The average molecular weight is 276 g/mol. The number of nitrogens with one attached hydrogen (secondary N) is 1. The molecule has 0 fully saturated rings. The molecule has 0 radical (unpaired) electrons. The molecule has 1 amide bonds. The van der Waals surface area contributed by atoms with Gasteiger partial charge in [-0.05, 0) is 54.1 Å². The summed E-state index contributed by atoms with van der Waals surface area (Å²) in [5.41, 5.74) is -0.497. The number of unbranched alkanes of at least 4 members (excludes halogenated alkanes) is 1. The van der Waals surface area contributed by atoms with Crippen LogP contribution in [0.4, 0.5) is 4.79 Å². The Balaban J connectivity index is 3.76. The number of hydrogen-bond acceptors (Lipinski definition) is 4. The van der Waals surface area contributed by atoms with Crippen LogP contribution < -0.4 is 5.32 Å². The van der Waals surface area contributed by atoms with Gasteiger partial charge in [-0.1, -0.05) is 0 Å². The highest BCUT2D eigenvalue weighted by molar-refractivity contribution is 5.73. The van der Waals surface area contributed by atoms with Crippen LogP contribution in [-0.4, -0.2) is 54.4 Å². The van der Waals surface area contributed by atoms with E-state index in [0.717, 1.165) is 12.8 Å². The van der Waals surface area contributed by atoms with Crippen molar-refractivity contribution in [3.8, 4) is 0 Å². The van der Waals surface area contributed by atoms with Gasteiger partial charge in [0.05, 0.1) is 0 Å². The number of carbonyl (C=O) groups excluding carboxylic acids is 1. The molecule has 0 spiro atoms. The van der Waals surface area contributed by atoms with Gasteiger partial charge < -0.3 is 15.2 Å². The van der Waals surface area contributed by atoms with Gasteiger partial charge in [0.25, 0.3) is 0 Å². The molecule has 0 aromatic carbocycles. The van der Waals surface area contributed by atoms with Crippen LogP contribution in [0.2, 0.25) is 0 Å². The highest BCUT2D eigenvalue weighted by Crippen LogP contribution is 2.07. The minimum atomic E-state index is -0.815. The minimum absolute atomic E-state index is 0.435. The lowest BCUT2D eigenvalue weighted by Crippen LogP contribution is -2.36. The molecule has 0 aliphatic rings. The summed E-state index contributed by atoms with van der Waals surface area (Å²) in [4.78, 5) is 24.0. The van der Waals surface area contributed by atoms with Crippen LogP contribution in [0, 0.1) is 0 Å². The van der Waals surface area contributed by atoms with E-state index in [1.807, 2.05) is 0 Å². The van der Waals surface area contributed by atoms with Crippen LogP contribution in [0.15, 0.2) is 0 Å². The number of rotatable bonds is 7. The van der Waals surface area contributed by atoms with E-state index in [1.54, 1.807) is 39.8 Å². The highest BCUT2D eigenvalue weighted by Gasteiger charge is 2.19. The third-order valence-corrected chi connectivity index (χ3v) is 2.48. The van der Waals surface area contributed by atoms with Crippen LogP contribution in [0.3, 0.4) is 0 Å². The fraction of sp³-hybridized carbons (Fsp3) is 0.846. The molecule has 0 aromatic rings. The second-order valence-corrected chi connectivity index (χ2v) is 5.74. The highest BCUT2D eigenvalue weighted by atomic mass is 16.6. The third kappa shape index (κ3) is 9.30. The zero-order chi connectivity index (χ0) is 15.1. The summed E-state index contributed by atoms with van der Waals surface area (Å²) in [5, 5.41) is 11.6. The van der Waals surface area contributed by atoms with Gasteiger partial charge in [-0.3, -0.25) is 9.69 Å². The largest absolute Gasteiger partial charge is 0.480 e. The number of carboxylic acid groups (broad SMARTS) is 1. The molecule has 0 rings (SSSR count). The molecule has 112 valence electrons. The van der Waals surface area contributed by atoms with Crippen molar-refractivity contribution >= 4 is 12.1 Å². The summed E-state index contributed by atoms with van der Waals surface area (Å²) in [7, 11) is 3.50. The molecular formula is C13H26N2O4. The maximum absolute atomic E-state index is 11.3. The number of likely N-dealkylation sites (N-methyl/N-ethyl adjacent to an activating group) is 1. The van der Waals surface area contributed by atoms with Crippen molar-refractivity contribution in [2.45, 2.75) is 51.7 Å². The molecule has 6 nitrogen and oxygen atoms in total. The number of aliphatic carboxylic acids is 1. The normalized spacial score (nSPS) is 13.2. The fourth-order valence-electron chi connectivity index (χ4n) is 1.57. The zero-order valence-electron chi connectivity index (χ0n) is 12.5. The first-order chi connectivity index (χ1) is 8.63. The van der Waals surface area contributed by atoms with Crippen molar-refractivity contribution in [1.82, 2.24) is 10.2 Å². The molecule has 0 aliphatic heterocycles. The Hall–Kier alpha value is -1.30. The summed E-state index contributed by atoms with van der Waals surface area (Å²) in [6.07, 6.45) is 1.61. The summed E-state index contributed by atoms with van der Waals surface area (Å²) in [5.74, 6) is -0.815. The quantitative estimate of drug-likeness (QED) is 0.546. The van der Waals surface area contributed by atoms with E-state index >= 15 is 0 Å². The number of carboxylic acids is 1. The van der Waals surface area contributed by atoms with Crippen LogP contribution in [0.5, 0.6) is 0 Å². The summed E-state index contributed by atoms with van der Waals surface area (Å²) >= 11 is 0. The van der Waals surface area contributed by atoms with Gasteiger partial charge >= 0.3 is 12.1 Å². The second-order valence-electron chi connectivity index (χ2n) is 5.74. The van der Waals surface area contributed by atoms with E-state index in [1.165, 1.54) is 0 Å². The average Bonchev–Trinajstić information content (AvgIpc) is 2.19. The minimum Gasteiger partial charge on any atom is -0.480 e. The molecule has 0 saturated carbocycles. The van der Waals surface area contributed by atoms with Gasteiger partial charge in [-0.25, -0.2) is 4.79 Å². The molecule has 19 heavy (non-hydrogen) atoms. The smallest absolute Gasteiger partial charge is 0.407 e. The van der Waals surface area contributed by atoms with Crippen molar-refractivity contribution in [2.75, 3.05) is 20.6 Å². The van der Waals surface area contributed by atoms with Gasteiger partial charge in [-0.15, -0.1) is 0 Å². The lowest BCUT2D eigenvalue weighted by Gasteiger charge is -2.20. The maximum atomic E-state index is 11.3. The Labute approximate surface area is 115 Å². The predicted molar refractivity (Wildman–Crippen MR) is 73.2 cm³/mol. The van der Waals surface area contributed by atoms with Crippen LogP contribution in [-0.2, 0) is 9.53 Å². The molecule has 0 saturated heterocycles. The van der Waals surface area contributed by atoms with Crippen LogP contribution >= 0.6 is 0 Å². The van der Waals surface area contributed by atoms with Crippen molar-refractivity contribution in [3.63, 3.8) is 0 Å². The van der Waals surface area contributed by atoms with Crippen molar-refractivity contribution < 1.29 is 19.4 Å². The Morgan fingerprint density at radius 2 is 1.84 bits per heavy atom. The SMILES string of the molecule is CC(C)(C)OC(=O)NCCCC[C@@H](C(=O)O)N([13CH3])[13CH3]. The number of ether oxygens (including phenoxy) is 1. The summed E-state index contributed by atoms with van der Waals surface area (Å²) in [6.45, 7) is 5.91. The lowest BCUT2D eigenvalue weighted by molar-refractivity contribution is -0.142. The van der Waals surface area contributed by atoms with Gasteiger partial charge in [0.1, 0.15) is 11.6 Å². The topological polar surface area (TPSA) is 78.9 Å². The molecule has 0 aliphatic carbocycles.